The number of nitrogens with one attached hydrogen (secondary N) is 1. The van der Waals surface area contributed by atoms with E-state index in [-0.39, 0.29) is 12.4 Å². The maximum Gasteiger partial charge on any atom is 0.333 e. The average Bonchev–Trinajstić information content (AvgIpc) is 2.70. The smallest absolute Gasteiger partial charge is 0.314 e. The number of benzene rings is 3. The van der Waals surface area contributed by atoms with Gasteiger partial charge in [-0.1, -0.05) is 66.7 Å². The lowest BCUT2D eigenvalue weighted by molar-refractivity contribution is -0.124. The first-order chi connectivity index (χ1) is 13.0. The van der Waals surface area contributed by atoms with Crippen LogP contribution in [0.4, 0.5) is 16.2 Å². The van der Waals surface area contributed by atoms with E-state index in [0.29, 0.717) is 16.9 Å². The molecule has 3 aromatic rings. The molecule has 28 heavy (non-hydrogen) atoms. The van der Waals surface area contributed by atoms with Crippen LogP contribution in [0.3, 0.4) is 0 Å². The Morgan fingerprint density at radius 3 is 1.61 bits per heavy atom. The van der Waals surface area contributed by atoms with Gasteiger partial charge in [-0.15, -0.1) is 12.4 Å². The third kappa shape index (κ3) is 4.57. The van der Waals surface area contributed by atoms with Crippen LogP contribution < -0.4 is 16.0 Å². The van der Waals surface area contributed by atoms with E-state index in [1.165, 1.54) is 4.90 Å². The van der Waals surface area contributed by atoms with Gasteiger partial charge in [-0.05, 0) is 36.8 Å². The van der Waals surface area contributed by atoms with Gasteiger partial charge in [0.05, 0.1) is 11.4 Å². The van der Waals surface area contributed by atoms with Gasteiger partial charge in [-0.25, -0.2) is 4.79 Å². The summed E-state index contributed by atoms with van der Waals surface area (Å²) in [6, 6.07) is 26.7. The van der Waals surface area contributed by atoms with Crippen LogP contribution in [-0.4, -0.2) is 11.9 Å². The van der Waals surface area contributed by atoms with Crippen molar-refractivity contribution in [2.75, 3.05) is 4.90 Å². The third-order valence-corrected chi connectivity index (χ3v) is 4.30. The highest BCUT2D eigenvalue weighted by Crippen LogP contribution is 2.25. The van der Waals surface area contributed by atoms with E-state index in [4.69, 9.17) is 5.73 Å². The molecule has 0 saturated heterocycles. The molecule has 1 unspecified atom stereocenters. The number of carbonyl (C=O) groups is 2. The molecule has 3 rings (SSSR count). The van der Waals surface area contributed by atoms with Gasteiger partial charge < -0.3 is 5.73 Å². The van der Waals surface area contributed by atoms with Crippen molar-refractivity contribution in [2.45, 2.75) is 12.5 Å². The molecule has 0 spiro atoms. The Hall–Kier alpha value is -3.15. The van der Waals surface area contributed by atoms with E-state index in [9.17, 15) is 9.59 Å². The maximum absolute atomic E-state index is 13.0. The fourth-order valence-electron chi connectivity index (χ4n) is 2.74. The molecule has 1 atom stereocenters. The number of hydrogen-bond donors (Lipinski definition) is 2. The lowest BCUT2D eigenvalue weighted by Gasteiger charge is -2.27. The van der Waals surface area contributed by atoms with Crippen molar-refractivity contribution in [1.29, 1.82) is 0 Å². The molecule has 5 nitrogen and oxygen atoms in total. The monoisotopic (exact) mass is 395 g/mol. The molecule has 0 saturated carbocycles. The fraction of sp³-hybridized carbons (Fsp3) is 0.0909. The number of halogens is 1. The Kier molecular flexibility index (Phi) is 6.93. The Bertz CT molecular complexity index is 877. The molecule has 3 N–H and O–H groups in total. The van der Waals surface area contributed by atoms with E-state index >= 15 is 0 Å². The number of amides is 3. The van der Waals surface area contributed by atoms with Crippen molar-refractivity contribution in [3.63, 3.8) is 0 Å². The summed E-state index contributed by atoms with van der Waals surface area (Å²) in [5.74, 6) is -0.574. The summed E-state index contributed by atoms with van der Waals surface area (Å²) in [6.45, 7) is 1.58. The number of imide groups is 1. The number of nitrogens with two attached hydrogens (primary N) is 1. The molecule has 0 aliphatic carbocycles. The zero-order valence-electron chi connectivity index (χ0n) is 15.4. The van der Waals surface area contributed by atoms with Crippen LogP contribution in [-0.2, 0) is 10.3 Å². The molecule has 3 aromatic carbocycles. The van der Waals surface area contributed by atoms with Crippen LogP contribution in [0, 0.1) is 0 Å². The van der Waals surface area contributed by atoms with Gasteiger partial charge >= 0.3 is 6.03 Å². The first-order valence-corrected chi connectivity index (χ1v) is 8.60. The normalized spacial score (nSPS) is 12.2. The Labute approximate surface area is 170 Å². The minimum absolute atomic E-state index is 0. The molecule has 0 aliphatic rings. The van der Waals surface area contributed by atoms with Crippen molar-refractivity contribution in [1.82, 2.24) is 5.32 Å². The van der Waals surface area contributed by atoms with E-state index < -0.39 is 17.5 Å². The summed E-state index contributed by atoms with van der Waals surface area (Å²) >= 11 is 0. The minimum Gasteiger partial charge on any atom is -0.314 e. The van der Waals surface area contributed by atoms with E-state index in [2.05, 4.69) is 5.32 Å². The summed E-state index contributed by atoms with van der Waals surface area (Å²) in [5.41, 5.74) is 6.80. The molecule has 0 heterocycles. The predicted octanol–water partition coefficient (Wildman–Crippen LogP) is 4.36. The van der Waals surface area contributed by atoms with Crippen molar-refractivity contribution in [3.05, 3.63) is 96.6 Å². The molecular formula is C22H22ClN3O2. The second-order valence-corrected chi connectivity index (χ2v) is 6.33. The molecule has 0 radical (unpaired) electrons. The van der Waals surface area contributed by atoms with Crippen molar-refractivity contribution < 1.29 is 9.59 Å². The van der Waals surface area contributed by atoms with Gasteiger partial charge in [0.2, 0.25) is 0 Å². The molecule has 0 fully saturated rings. The van der Waals surface area contributed by atoms with E-state index in [0.717, 1.165) is 0 Å². The Morgan fingerprint density at radius 1 is 0.786 bits per heavy atom. The standard InChI is InChI=1S/C22H21N3O2.ClH/c1-22(23,17-11-5-2-6-12-17)20(26)24-21(27)25(18-13-7-3-8-14-18)19-15-9-4-10-16-19;/h2-16H,23H2,1H3,(H,24,26,27);1H. The Balaban J connectivity index is 0.00000280. The number of nitrogens with zero attached hydrogens (tertiary/aromatic N) is 1. The van der Waals surface area contributed by atoms with Crippen LogP contribution in [0.15, 0.2) is 91.0 Å². The van der Waals surface area contributed by atoms with E-state index in [1.54, 1.807) is 55.5 Å². The van der Waals surface area contributed by atoms with Gasteiger partial charge in [0.15, 0.2) is 0 Å². The molecule has 0 aromatic heterocycles. The number of urea groups is 1. The summed E-state index contributed by atoms with van der Waals surface area (Å²) in [5, 5.41) is 2.44. The van der Waals surface area contributed by atoms with Gasteiger partial charge in [0.1, 0.15) is 5.54 Å². The van der Waals surface area contributed by atoms with Gasteiger partial charge in [-0.2, -0.15) is 0 Å². The van der Waals surface area contributed by atoms with Crippen molar-refractivity contribution in [3.8, 4) is 0 Å². The van der Waals surface area contributed by atoms with E-state index in [1.807, 2.05) is 42.5 Å². The third-order valence-electron chi connectivity index (χ3n) is 4.30. The predicted molar refractivity (Wildman–Crippen MR) is 114 cm³/mol. The second kappa shape index (κ2) is 9.17. The zero-order chi connectivity index (χ0) is 19.3. The summed E-state index contributed by atoms with van der Waals surface area (Å²) in [4.78, 5) is 27.2. The van der Waals surface area contributed by atoms with Crippen LogP contribution in [0.5, 0.6) is 0 Å². The SMILES string of the molecule is CC(N)(C(=O)NC(=O)N(c1ccccc1)c1ccccc1)c1ccccc1.Cl. The second-order valence-electron chi connectivity index (χ2n) is 6.33. The molecule has 3 amide bonds. The number of anilines is 2. The molecular weight excluding hydrogens is 374 g/mol. The largest absolute Gasteiger partial charge is 0.333 e. The first kappa shape index (κ1) is 21.2. The lowest BCUT2D eigenvalue weighted by Crippen LogP contribution is -2.53. The highest BCUT2D eigenvalue weighted by atomic mass is 35.5. The molecule has 0 bridgehead atoms. The van der Waals surface area contributed by atoms with Crippen molar-refractivity contribution >= 4 is 35.7 Å². The average molecular weight is 396 g/mol. The Morgan fingerprint density at radius 2 is 1.18 bits per heavy atom. The summed E-state index contributed by atoms with van der Waals surface area (Å²) in [7, 11) is 0. The van der Waals surface area contributed by atoms with Gasteiger partial charge in [-0.3, -0.25) is 15.0 Å². The lowest BCUT2D eigenvalue weighted by atomic mass is 9.92. The van der Waals surface area contributed by atoms with Crippen LogP contribution in [0.25, 0.3) is 0 Å². The number of rotatable bonds is 4. The highest BCUT2D eigenvalue weighted by Gasteiger charge is 2.33. The summed E-state index contributed by atoms with van der Waals surface area (Å²) in [6.07, 6.45) is 0. The fourth-order valence-corrected chi connectivity index (χ4v) is 2.74. The first-order valence-electron chi connectivity index (χ1n) is 8.60. The number of carbonyl (C=O) groups excluding carboxylic acids is 2. The quantitative estimate of drug-likeness (QED) is 0.689. The maximum atomic E-state index is 13.0. The van der Waals surface area contributed by atoms with Crippen LogP contribution in [0.1, 0.15) is 12.5 Å². The number of para-hydroxylation sites is 2. The van der Waals surface area contributed by atoms with Gasteiger partial charge in [0.25, 0.3) is 5.91 Å². The van der Waals surface area contributed by atoms with Gasteiger partial charge in [0, 0.05) is 0 Å². The minimum atomic E-state index is -1.34. The molecule has 144 valence electrons. The summed E-state index contributed by atoms with van der Waals surface area (Å²) < 4.78 is 0. The zero-order valence-corrected chi connectivity index (χ0v) is 16.2. The topological polar surface area (TPSA) is 75.4 Å². The van der Waals surface area contributed by atoms with Crippen LogP contribution >= 0.6 is 12.4 Å². The number of hydrogen-bond acceptors (Lipinski definition) is 3. The van der Waals surface area contributed by atoms with Crippen LogP contribution in [0.2, 0.25) is 0 Å². The molecule has 0 aliphatic heterocycles. The van der Waals surface area contributed by atoms with Crippen molar-refractivity contribution in [2.24, 2.45) is 5.73 Å². The highest BCUT2D eigenvalue weighted by molar-refractivity contribution is 6.09. The molecule has 6 heteroatoms.